The van der Waals surface area contributed by atoms with Gasteiger partial charge in [0.15, 0.2) is 0 Å². The molecule has 1 unspecified atom stereocenters. The molecule has 0 spiro atoms. The Balaban J connectivity index is 1.03. The van der Waals surface area contributed by atoms with Crippen LogP contribution in [0.4, 0.5) is 28.4 Å². The Bertz CT molecular complexity index is 3210. The summed E-state index contributed by atoms with van der Waals surface area (Å²) < 4.78 is 6.98. The number of rotatable bonds is 7. The monoisotopic (exact) mass is 744 g/mol. The predicted octanol–water partition coefficient (Wildman–Crippen LogP) is 15.8. The molecular formula is C55H40N2O. The van der Waals surface area contributed by atoms with Crippen LogP contribution in [0.2, 0.25) is 0 Å². The molecule has 58 heavy (non-hydrogen) atoms. The van der Waals surface area contributed by atoms with Crippen LogP contribution in [0.25, 0.3) is 65.4 Å². The van der Waals surface area contributed by atoms with Crippen LogP contribution in [0.5, 0.6) is 0 Å². The van der Waals surface area contributed by atoms with Crippen molar-refractivity contribution in [1.29, 1.82) is 0 Å². The third kappa shape index (κ3) is 5.74. The second kappa shape index (κ2) is 14.0. The number of anilines is 5. The Morgan fingerprint density at radius 3 is 1.86 bits per heavy atom. The molecule has 0 saturated heterocycles. The molecule has 0 bridgehead atoms. The van der Waals surface area contributed by atoms with Crippen molar-refractivity contribution in [3.8, 4) is 11.1 Å². The van der Waals surface area contributed by atoms with Gasteiger partial charge < -0.3 is 14.2 Å². The molecule has 0 N–H and O–H groups in total. The minimum Gasteiger partial charge on any atom is -0.455 e. The van der Waals surface area contributed by atoms with Gasteiger partial charge in [0.25, 0.3) is 0 Å². The number of fused-ring (bicyclic) bond motifs is 9. The lowest BCUT2D eigenvalue weighted by Crippen LogP contribution is -2.17. The number of nitrogens with zero attached hydrogens (tertiary/aromatic N) is 2. The highest BCUT2D eigenvalue weighted by molar-refractivity contribution is 6.30. The Morgan fingerprint density at radius 2 is 1.09 bits per heavy atom. The van der Waals surface area contributed by atoms with Crippen molar-refractivity contribution in [3.05, 3.63) is 212 Å². The number of para-hydroxylation sites is 2. The third-order valence-electron chi connectivity index (χ3n) is 11.7. The van der Waals surface area contributed by atoms with Gasteiger partial charge in [0, 0.05) is 56.1 Å². The first-order chi connectivity index (χ1) is 28.7. The molecule has 1 atom stereocenters. The van der Waals surface area contributed by atoms with Crippen molar-refractivity contribution in [2.75, 3.05) is 9.80 Å². The average Bonchev–Trinajstić information content (AvgIpc) is 3.67. The summed E-state index contributed by atoms with van der Waals surface area (Å²) in [6.45, 7) is 2.28. The fourth-order valence-electron chi connectivity index (χ4n) is 8.96. The zero-order valence-electron chi connectivity index (χ0n) is 32.2. The lowest BCUT2D eigenvalue weighted by molar-refractivity contribution is 0.673. The van der Waals surface area contributed by atoms with Crippen molar-refractivity contribution in [3.63, 3.8) is 0 Å². The highest BCUT2D eigenvalue weighted by atomic mass is 16.3. The molecule has 10 aromatic rings. The largest absolute Gasteiger partial charge is 0.455 e. The maximum absolute atomic E-state index is 6.98. The molecule has 0 fully saturated rings. The van der Waals surface area contributed by atoms with Crippen molar-refractivity contribution in [2.45, 2.75) is 13.3 Å². The van der Waals surface area contributed by atoms with E-state index in [2.05, 4.69) is 223 Å². The summed E-state index contributed by atoms with van der Waals surface area (Å²) in [6, 6.07) is 67.6. The SMILES string of the molecule is CC1C=C(N(c2ccccc2)c2ccc(-c3ccc4c(c3)c3ccccc3c3c5ccc(N(c6ccccc6)c6cccc7ccccc67)cc5oc43)cc2)C=CC1. The van der Waals surface area contributed by atoms with E-state index < -0.39 is 0 Å². The normalized spacial score (nSPS) is 14.1. The van der Waals surface area contributed by atoms with Gasteiger partial charge in [-0.05, 0) is 118 Å². The van der Waals surface area contributed by atoms with E-state index in [9.17, 15) is 0 Å². The molecule has 3 heteroatoms. The maximum atomic E-state index is 6.98. The van der Waals surface area contributed by atoms with Crippen molar-refractivity contribution < 1.29 is 4.42 Å². The fraction of sp³-hybridized carbons (Fsp3) is 0.0545. The van der Waals surface area contributed by atoms with Crippen LogP contribution in [-0.2, 0) is 0 Å². The molecule has 0 radical (unpaired) electrons. The summed E-state index contributed by atoms with van der Waals surface area (Å²) >= 11 is 0. The van der Waals surface area contributed by atoms with Gasteiger partial charge in [-0.2, -0.15) is 0 Å². The lowest BCUT2D eigenvalue weighted by atomic mass is 9.94. The molecule has 9 aromatic carbocycles. The van der Waals surface area contributed by atoms with Gasteiger partial charge in [0.2, 0.25) is 0 Å². The standard InChI is InChI=1S/C55H40N2O/c1-37-14-12-21-44(34-37)56(41-17-4-2-5-18-41)43-29-26-38(27-30-43)40-28-32-49-51(35-40)47-23-10-11-24-48(47)54-50-33-31-45(36-53(50)58-55(49)54)57(42-19-6-3-7-20-42)52-25-13-16-39-15-8-9-22-46(39)52/h2-13,15-37H,14H2,1H3. The van der Waals surface area contributed by atoms with Crippen LogP contribution in [0.1, 0.15) is 13.3 Å². The van der Waals surface area contributed by atoms with E-state index in [0.717, 1.165) is 62.2 Å². The molecule has 0 amide bonds. The molecular weight excluding hydrogens is 705 g/mol. The van der Waals surface area contributed by atoms with E-state index in [0.29, 0.717) is 5.92 Å². The molecule has 1 aliphatic rings. The van der Waals surface area contributed by atoms with E-state index in [1.807, 2.05) is 0 Å². The summed E-state index contributed by atoms with van der Waals surface area (Å²) in [5.74, 6) is 0.497. The van der Waals surface area contributed by atoms with E-state index in [-0.39, 0.29) is 0 Å². The Kier molecular flexibility index (Phi) is 8.18. The zero-order valence-corrected chi connectivity index (χ0v) is 32.2. The van der Waals surface area contributed by atoms with Crippen molar-refractivity contribution >= 4 is 82.7 Å². The first kappa shape index (κ1) is 33.9. The van der Waals surface area contributed by atoms with Crippen LogP contribution >= 0.6 is 0 Å². The van der Waals surface area contributed by atoms with Gasteiger partial charge in [-0.1, -0.05) is 134 Å². The summed E-state index contributed by atoms with van der Waals surface area (Å²) in [7, 11) is 0. The zero-order chi connectivity index (χ0) is 38.6. The summed E-state index contributed by atoms with van der Waals surface area (Å²) in [6.07, 6.45) is 7.98. The van der Waals surface area contributed by atoms with Gasteiger partial charge in [-0.3, -0.25) is 0 Å². The fourth-order valence-corrected chi connectivity index (χ4v) is 8.96. The van der Waals surface area contributed by atoms with Gasteiger partial charge in [-0.15, -0.1) is 0 Å². The van der Waals surface area contributed by atoms with Crippen LogP contribution in [-0.4, -0.2) is 0 Å². The molecule has 1 aliphatic carbocycles. The van der Waals surface area contributed by atoms with Crippen LogP contribution in [0, 0.1) is 5.92 Å². The molecule has 276 valence electrons. The van der Waals surface area contributed by atoms with Crippen LogP contribution in [0.3, 0.4) is 0 Å². The predicted molar refractivity (Wildman–Crippen MR) is 246 cm³/mol. The molecule has 1 aromatic heterocycles. The van der Waals surface area contributed by atoms with Crippen LogP contribution < -0.4 is 9.80 Å². The van der Waals surface area contributed by atoms with Crippen molar-refractivity contribution in [1.82, 2.24) is 0 Å². The smallest absolute Gasteiger partial charge is 0.143 e. The van der Waals surface area contributed by atoms with E-state index in [1.165, 1.54) is 43.8 Å². The van der Waals surface area contributed by atoms with Gasteiger partial charge in [0.05, 0.1) is 5.69 Å². The van der Waals surface area contributed by atoms with Crippen LogP contribution in [0.15, 0.2) is 216 Å². The maximum Gasteiger partial charge on any atom is 0.143 e. The van der Waals surface area contributed by atoms with E-state index in [1.54, 1.807) is 0 Å². The third-order valence-corrected chi connectivity index (χ3v) is 11.7. The molecule has 3 nitrogen and oxygen atoms in total. The Morgan fingerprint density at radius 1 is 0.466 bits per heavy atom. The van der Waals surface area contributed by atoms with E-state index >= 15 is 0 Å². The lowest BCUT2D eigenvalue weighted by Gasteiger charge is -2.29. The van der Waals surface area contributed by atoms with Gasteiger partial charge in [0.1, 0.15) is 11.2 Å². The summed E-state index contributed by atoms with van der Waals surface area (Å²) in [5, 5.41) is 9.38. The minimum atomic E-state index is 0.497. The molecule has 0 aliphatic heterocycles. The number of hydrogen-bond acceptors (Lipinski definition) is 3. The summed E-state index contributed by atoms with van der Waals surface area (Å²) in [4.78, 5) is 4.69. The first-order valence-electron chi connectivity index (χ1n) is 20.2. The number of hydrogen-bond donors (Lipinski definition) is 0. The minimum absolute atomic E-state index is 0.497. The number of furan rings is 1. The quantitative estimate of drug-likeness (QED) is 0.152. The number of allylic oxidation sites excluding steroid dienone is 3. The molecule has 11 rings (SSSR count). The van der Waals surface area contributed by atoms with Crippen molar-refractivity contribution in [2.24, 2.45) is 5.92 Å². The second-order valence-electron chi connectivity index (χ2n) is 15.4. The topological polar surface area (TPSA) is 19.6 Å². The average molecular weight is 745 g/mol. The van der Waals surface area contributed by atoms with Gasteiger partial charge in [-0.25, -0.2) is 0 Å². The second-order valence-corrected chi connectivity index (χ2v) is 15.4. The highest BCUT2D eigenvalue weighted by Gasteiger charge is 2.21. The molecule has 0 saturated carbocycles. The number of benzene rings is 9. The first-order valence-corrected chi connectivity index (χ1v) is 20.2. The molecule has 1 heterocycles. The Hall–Kier alpha value is -7.36. The van der Waals surface area contributed by atoms with Gasteiger partial charge >= 0.3 is 0 Å². The van der Waals surface area contributed by atoms with E-state index in [4.69, 9.17) is 4.42 Å². The summed E-state index contributed by atoms with van der Waals surface area (Å²) in [5.41, 5.74) is 10.9. The highest BCUT2D eigenvalue weighted by Crippen LogP contribution is 2.45. The Labute approximate surface area is 338 Å².